The zero-order chi connectivity index (χ0) is 13.9. The van der Waals surface area contributed by atoms with Crippen molar-refractivity contribution in [2.75, 3.05) is 6.54 Å². The van der Waals surface area contributed by atoms with Crippen LogP contribution in [0.25, 0.3) is 0 Å². The van der Waals surface area contributed by atoms with Crippen molar-refractivity contribution < 1.29 is 5.11 Å². The third-order valence-corrected chi connectivity index (χ3v) is 5.01. The van der Waals surface area contributed by atoms with Gasteiger partial charge >= 0.3 is 0 Å². The van der Waals surface area contributed by atoms with Crippen LogP contribution in [0.5, 0.6) is 0 Å². The minimum atomic E-state index is -0.342. The van der Waals surface area contributed by atoms with E-state index < -0.39 is 0 Å². The Morgan fingerprint density at radius 3 is 3.15 bits per heavy atom. The van der Waals surface area contributed by atoms with Crippen molar-refractivity contribution >= 4 is 11.3 Å². The second-order valence-electron chi connectivity index (χ2n) is 5.38. The number of aliphatic hydroxyl groups excluding tert-OH is 1. The van der Waals surface area contributed by atoms with Gasteiger partial charge < -0.3 is 5.11 Å². The lowest BCUT2D eigenvalue weighted by molar-refractivity contribution is 0.119. The molecule has 20 heavy (non-hydrogen) atoms. The molecular formula is C14H20N4OS. The molecule has 0 radical (unpaired) electrons. The van der Waals surface area contributed by atoms with Crippen LogP contribution in [0.4, 0.5) is 0 Å². The van der Waals surface area contributed by atoms with Gasteiger partial charge in [0.1, 0.15) is 0 Å². The zero-order valence-corrected chi connectivity index (χ0v) is 12.5. The number of hydrogen-bond donors (Lipinski definition) is 1. The molecule has 6 heteroatoms. The number of hydrogen-bond acceptors (Lipinski definition) is 5. The molecule has 0 saturated carbocycles. The Balaban J connectivity index is 1.62. The lowest BCUT2D eigenvalue weighted by Crippen LogP contribution is -2.31. The van der Waals surface area contributed by atoms with Gasteiger partial charge in [-0.05, 0) is 37.3 Å². The molecule has 2 atom stereocenters. The maximum atomic E-state index is 10.3. The highest BCUT2D eigenvalue weighted by Crippen LogP contribution is 2.30. The standard InChI is InChI=1S/C14H20N4OS/c1-17-12(9-15-16-17)10-18-6-2-4-11(18)8-13(19)14-5-3-7-20-14/h3,5,7,9,11,13,19H,2,4,6,8,10H2,1H3. The number of aliphatic hydroxyl groups is 1. The van der Waals surface area contributed by atoms with Crippen LogP contribution in [0.1, 0.15) is 35.9 Å². The smallest absolute Gasteiger partial charge is 0.0896 e. The first-order valence-corrected chi connectivity index (χ1v) is 7.91. The highest BCUT2D eigenvalue weighted by molar-refractivity contribution is 7.10. The molecule has 1 N–H and O–H groups in total. The monoisotopic (exact) mass is 292 g/mol. The quantitative estimate of drug-likeness (QED) is 0.915. The van der Waals surface area contributed by atoms with Crippen LogP contribution in [0.3, 0.4) is 0 Å². The first-order valence-electron chi connectivity index (χ1n) is 7.03. The van der Waals surface area contributed by atoms with Gasteiger partial charge in [0.05, 0.1) is 18.0 Å². The number of likely N-dealkylation sites (tertiary alicyclic amines) is 1. The average molecular weight is 292 g/mol. The van der Waals surface area contributed by atoms with Gasteiger partial charge in [0.15, 0.2) is 0 Å². The number of aromatic nitrogens is 3. The largest absolute Gasteiger partial charge is 0.388 e. The van der Waals surface area contributed by atoms with Crippen LogP contribution in [-0.2, 0) is 13.6 Å². The van der Waals surface area contributed by atoms with Crippen LogP contribution in [0.2, 0.25) is 0 Å². The third-order valence-electron chi connectivity index (χ3n) is 4.04. The molecular weight excluding hydrogens is 272 g/mol. The SMILES string of the molecule is Cn1nncc1CN1CCCC1CC(O)c1cccs1. The molecule has 1 fully saturated rings. The van der Waals surface area contributed by atoms with Crippen LogP contribution >= 0.6 is 11.3 Å². The molecule has 5 nitrogen and oxygen atoms in total. The van der Waals surface area contributed by atoms with E-state index in [1.807, 2.05) is 35.4 Å². The fraction of sp³-hybridized carbons (Fsp3) is 0.571. The summed E-state index contributed by atoms with van der Waals surface area (Å²) in [6, 6.07) is 4.46. The van der Waals surface area contributed by atoms with Crippen LogP contribution in [0.15, 0.2) is 23.7 Å². The van der Waals surface area contributed by atoms with E-state index in [4.69, 9.17) is 0 Å². The Hall–Kier alpha value is -1.24. The second kappa shape index (κ2) is 6.03. The molecule has 1 aliphatic rings. The molecule has 0 bridgehead atoms. The molecule has 0 spiro atoms. The molecule has 108 valence electrons. The average Bonchev–Trinajstić information content (AvgIpc) is 3.14. The number of thiophene rings is 1. The van der Waals surface area contributed by atoms with Crippen molar-refractivity contribution in [3.8, 4) is 0 Å². The van der Waals surface area contributed by atoms with Crippen molar-refractivity contribution in [2.45, 2.75) is 38.0 Å². The van der Waals surface area contributed by atoms with E-state index in [-0.39, 0.29) is 6.10 Å². The molecule has 3 heterocycles. The number of aryl methyl sites for hydroxylation is 1. The summed E-state index contributed by atoms with van der Waals surface area (Å²) >= 11 is 1.63. The van der Waals surface area contributed by atoms with Gasteiger partial charge in [-0.2, -0.15) is 0 Å². The van der Waals surface area contributed by atoms with Gasteiger partial charge in [-0.25, -0.2) is 0 Å². The van der Waals surface area contributed by atoms with Crippen molar-refractivity contribution in [3.63, 3.8) is 0 Å². The molecule has 2 aromatic heterocycles. The van der Waals surface area contributed by atoms with Crippen molar-refractivity contribution in [1.82, 2.24) is 19.9 Å². The minimum absolute atomic E-state index is 0.342. The fourth-order valence-electron chi connectivity index (χ4n) is 2.89. The van der Waals surface area contributed by atoms with Crippen LogP contribution in [-0.4, -0.2) is 37.6 Å². The van der Waals surface area contributed by atoms with Crippen molar-refractivity contribution in [1.29, 1.82) is 0 Å². The molecule has 2 aromatic rings. The maximum Gasteiger partial charge on any atom is 0.0896 e. The third kappa shape index (κ3) is 2.92. The minimum Gasteiger partial charge on any atom is -0.388 e. The fourth-order valence-corrected chi connectivity index (χ4v) is 3.61. The van der Waals surface area contributed by atoms with Gasteiger partial charge in [-0.15, -0.1) is 16.4 Å². The predicted molar refractivity (Wildman–Crippen MR) is 78.3 cm³/mol. The molecule has 0 aromatic carbocycles. The molecule has 1 saturated heterocycles. The lowest BCUT2D eigenvalue weighted by atomic mass is 10.1. The molecule has 0 aliphatic carbocycles. The summed E-state index contributed by atoms with van der Waals surface area (Å²) in [5.41, 5.74) is 1.13. The highest BCUT2D eigenvalue weighted by Gasteiger charge is 2.28. The van der Waals surface area contributed by atoms with E-state index in [9.17, 15) is 5.11 Å². The van der Waals surface area contributed by atoms with Crippen molar-refractivity contribution in [2.24, 2.45) is 7.05 Å². The predicted octanol–water partition coefficient (Wildman–Crippen LogP) is 1.96. The van der Waals surface area contributed by atoms with Gasteiger partial charge in [0.25, 0.3) is 0 Å². The maximum absolute atomic E-state index is 10.3. The lowest BCUT2D eigenvalue weighted by Gasteiger charge is -2.25. The normalized spacial score (nSPS) is 21.4. The summed E-state index contributed by atoms with van der Waals surface area (Å²) in [6.07, 6.45) is 4.66. The van der Waals surface area contributed by atoms with Crippen LogP contribution in [0, 0.1) is 0 Å². The summed E-state index contributed by atoms with van der Waals surface area (Å²) in [4.78, 5) is 3.51. The van der Waals surface area contributed by atoms with Gasteiger partial charge in [-0.1, -0.05) is 11.3 Å². The molecule has 3 rings (SSSR count). The van der Waals surface area contributed by atoms with Crippen LogP contribution < -0.4 is 0 Å². The first-order chi connectivity index (χ1) is 9.74. The summed E-state index contributed by atoms with van der Waals surface area (Å²) in [5, 5.41) is 20.2. The zero-order valence-electron chi connectivity index (χ0n) is 11.6. The topological polar surface area (TPSA) is 54.2 Å². The summed E-state index contributed by atoms with van der Waals surface area (Å²) in [6.45, 7) is 1.96. The van der Waals surface area contributed by atoms with E-state index in [0.717, 1.165) is 36.5 Å². The molecule has 0 amide bonds. The Morgan fingerprint density at radius 2 is 2.45 bits per heavy atom. The van der Waals surface area contributed by atoms with E-state index in [1.54, 1.807) is 11.3 Å². The van der Waals surface area contributed by atoms with E-state index in [1.165, 1.54) is 6.42 Å². The number of rotatable bonds is 5. The number of nitrogens with zero attached hydrogens (tertiary/aromatic N) is 4. The summed E-state index contributed by atoms with van der Waals surface area (Å²) in [7, 11) is 1.92. The van der Waals surface area contributed by atoms with Gasteiger partial charge in [0.2, 0.25) is 0 Å². The Bertz CT molecular complexity index is 539. The second-order valence-corrected chi connectivity index (χ2v) is 6.36. The molecule has 1 aliphatic heterocycles. The van der Waals surface area contributed by atoms with E-state index >= 15 is 0 Å². The summed E-state index contributed by atoms with van der Waals surface area (Å²) < 4.78 is 1.82. The molecule has 2 unspecified atom stereocenters. The Morgan fingerprint density at radius 1 is 1.55 bits per heavy atom. The van der Waals surface area contributed by atoms with Crippen molar-refractivity contribution in [3.05, 3.63) is 34.3 Å². The van der Waals surface area contributed by atoms with Gasteiger partial charge in [0, 0.05) is 24.5 Å². The highest BCUT2D eigenvalue weighted by atomic mass is 32.1. The summed E-state index contributed by atoms with van der Waals surface area (Å²) in [5.74, 6) is 0. The van der Waals surface area contributed by atoms with E-state index in [2.05, 4.69) is 15.2 Å². The Kier molecular flexibility index (Phi) is 4.14. The first kappa shape index (κ1) is 13.7. The van der Waals surface area contributed by atoms with E-state index in [0.29, 0.717) is 6.04 Å². The van der Waals surface area contributed by atoms with Gasteiger partial charge in [-0.3, -0.25) is 9.58 Å². The Labute approximate surface area is 122 Å².